The second kappa shape index (κ2) is 4.50. The van der Waals surface area contributed by atoms with Crippen molar-refractivity contribution in [2.24, 2.45) is 17.6 Å². The second-order valence-corrected chi connectivity index (χ2v) is 4.80. The van der Waals surface area contributed by atoms with Gasteiger partial charge < -0.3 is 5.73 Å². The van der Waals surface area contributed by atoms with E-state index in [1.807, 2.05) is 0 Å². The molecule has 1 fully saturated rings. The lowest BCUT2D eigenvalue weighted by molar-refractivity contribution is 0.384. The Morgan fingerprint density at radius 3 is 2.69 bits per heavy atom. The predicted octanol–water partition coefficient (Wildman–Crippen LogP) is 2.88. The summed E-state index contributed by atoms with van der Waals surface area (Å²) in [5, 5.41) is 0. The zero-order valence-corrected chi connectivity index (χ0v) is 9.42. The van der Waals surface area contributed by atoms with E-state index >= 15 is 0 Å². The van der Waals surface area contributed by atoms with Crippen LogP contribution in [-0.4, -0.2) is 6.04 Å². The van der Waals surface area contributed by atoms with Gasteiger partial charge in [0.2, 0.25) is 0 Å². The van der Waals surface area contributed by atoms with Gasteiger partial charge in [0.15, 0.2) is 0 Å². The molecule has 2 N–H and O–H groups in total. The molecule has 0 saturated heterocycles. The van der Waals surface area contributed by atoms with Crippen molar-refractivity contribution in [3.63, 3.8) is 0 Å². The van der Waals surface area contributed by atoms with E-state index < -0.39 is 0 Å². The van der Waals surface area contributed by atoms with E-state index in [-0.39, 0.29) is 17.7 Å². The highest BCUT2D eigenvalue weighted by molar-refractivity contribution is 5.19. The molecule has 1 saturated carbocycles. The van der Waals surface area contributed by atoms with E-state index in [4.69, 9.17) is 5.73 Å². The van der Waals surface area contributed by atoms with Crippen LogP contribution in [0.1, 0.15) is 25.3 Å². The molecule has 2 rings (SSSR count). The summed E-state index contributed by atoms with van der Waals surface area (Å²) in [6.07, 6.45) is 2.60. The minimum absolute atomic E-state index is 0.210. The van der Waals surface area contributed by atoms with Crippen LogP contribution in [0, 0.1) is 23.5 Å². The highest BCUT2D eigenvalue weighted by Crippen LogP contribution is 2.33. The summed E-state index contributed by atoms with van der Waals surface area (Å²) < 4.78 is 26.5. The van der Waals surface area contributed by atoms with Gasteiger partial charge in [0.05, 0.1) is 0 Å². The number of halogens is 2. The van der Waals surface area contributed by atoms with Crippen molar-refractivity contribution in [1.82, 2.24) is 0 Å². The maximum Gasteiger partial charge on any atom is 0.126 e. The third-order valence-electron chi connectivity index (χ3n) is 3.78. The van der Waals surface area contributed by atoms with Crippen molar-refractivity contribution >= 4 is 0 Å². The van der Waals surface area contributed by atoms with E-state index in [9.17, 15) is 8.78 Å². The molecule has 16 heavy (non-hydrogen) atoms. The molecule has 0 radical (unpaired) electrons. The van der Waals surface area contributed by atoms with E-state index in [1.165, 1.54) is 12.1 Å². The molecule has 3 atom stereocenters. The molecule has 0 amide bonds. The van der Waals surface area contributed by atoms with Gasteiger partial charge in [-0.25, -0.2) is 8.78 Å². The van der Waals surface area contributed by atoms with Gasteiger partial charge >= 0.3 is 0 Å². The molecule has 0 aliphatic heterocycles. The summed E-state index contributed by atoms with van der Waals surface area (Å²) in [5.41, 5.74) is 6.40. The second-order valence-electron chi connectivity index (χ2n) is 4.80. The van der Waals surface area contributed by atoms with Gasteiger partial charge in [-0.1, -0.05) is 6.92 Å². The number of hydrogen-bond donors (Lipinski definition) is 1. The van der Waals surface area contributed by atoms with Crippen molar-refractivity contribution in [1.29, 1.82) is 0 Å². The first-order valence-corrected chi connectivity index (χ1v) is 5.77. The third-order valence-corrected chi connectivity index (χ3v) is 3.78. The molecular weight excluding hydrogens is 208 g/mol. The van der Waals surface area contributed by atoms with Gasteiger partial charge in [-0.3, -0.25) is 0 Å². The Balaban J connectivity index is 2.12. The van der Waals surface area contributed by atoms with Crippen molar-refractivity contribution in [2.75, 3.05) is 0 Å². The lowest BCUT2D eigenvalue weighted by Gasteiger charge is -2.18. The van der Waals surface area contributed by atoms with Crippen LogP contribution in [0.4, 0.5) is 8.78 Å². The number of benzene rings is 1. The van der Waals surface area contributed by atoms with Crippen molar-refractivity contribution in [2.45, 2.75) is 32.2 Å². The van der Waals surface area contributed by atoms with E-state index in [0.29, 0.717) is 23.8 Å². The molecule has 0 aromatic heterocycles. The fraction of sp³-hybridized carbons (Fsp3) is 0.538. The summed E-state index contributed by atoms with van der Waals surface area (Å²) in [4.78, 5) is 0. The first-order valence-electron chi connectivity index (χ1n) is 5.77. The van der Waals surface area contributed by atoms with Crippen LogP contribution >= 0.6 is 0 Å². The Morgan fingerprint density at radius 1 is 1.31 bits per heavy atom. The predicted molar refractivity (Wildman–Crippen MR) is 59.9 cm³/mol. The average Bonchev–Trinajstić information content (AvgIpc) is 2.55. The molecule has 88 valence electrons. The molecule has 1 aliphatic rings. The fourth-order valence-corrected chi connectivity index (χ4v) is 2.55. The Kier molecular flexibility index (Phi) is 3.24. The minimum Gasteiger partial charge on any atom is -0.327 e. The highest BCUT2D eigenvalue weighted by Gasteiger charge is 2.30. The standard InChI is InChI=1S/C13H17F2N/c1-8-9(2-5-13(8)16)6-10-7-11(14)3-4-12(10)15/h3-4,7-9,13H,2,5-6,16H2,1H3. The summed E-state index contributed by atoms with van der Waals surface area (Å²) in [6.45, 7) is 2.10. The van der Waals surface area contributed by atoms with Crippen LogP contribution in [0.25, 0.3) is 0 Å². The fourth-order valence-electron chi connectivity index (χ4n) is 2.55. The van der Waals surface area contributed by atoms with Gasteiger partial charge in [0.1, 0.15) is 11.6 Å². The molecule has 0 spiro atoms. The number of rotatable bonds is 2. The molecule has 3 heteroatoms. The minimum atomic E-state index is -0.369. The largest absolute Gasteiger partial charge is 0.327 e. The molecule has 1 nitrogen and oxygen atoms in total. The van der Waals surface area contributed by atoms with Crippen LogP contribution in [0.15, 0.2) is 18.2 Å². The van der Waals surface area contributed by atoms with E-state index in [0.717, 1.165) is 18.9 Å². The Labute approximate surface area is 94.7 Å². The van der Waals surface area contributed by atoms with Crippen LogP contribution in [0.2, 0.25) is 0 Å². The van der Waals surface area contributed by atoms with Crippen molar-refractivity contribution in [3.8, 4) is 0 Å². The van der Waals surface area contributed by atoms with Crippen LogP contribution in [0.5, 0.6) is 0 Å². The van der Waals surface area contributed by atoms with Crippen molar-refractivity contribution < 1.29 is 8.78 Å². The Hall–Kier alpha value is -0.960. The molecular formula is C13H17F2N. The third kappa shape index (κ3) is 2.24. The Bertz CT molecular complexity index is 378. The van der Waals surface area contributed by atoms with E-state index in [2.05, 4.69) is 6.92 Å². The summed E-state index contributed by atoms with van der Waals surface area (Å²) in [5.74, 6) is 0.0920. The topological polar surface area (TPSA) is 26.0 Å². The monoisotopic (exact) mass is 225 g/mol. The summed E-state index contributed by atoms with van der Waals surface area (Å²) in [6, 6.07) is 3.86. The quantitative estimate of drug-likeness (QED) is 0.822. The number of hydrogen-bond acceptors (Lipinski definition) is 1. The maximum atomic E-state index is 13.4. The van der Waals surface area contributed by atoms with Gasteiger partial charge in [0, 0.05) is 6.04 Å². The maximum absolute atomic E-state index is 13.4. The van der Waals surface area contributed by atoms with Gasteiger partial charge in [-0.05, 0) is 54.9 Å². The first-order chi connectivity index (χ1) is 7.58. The summed E-state index contributed by atoms with van der Waals surface area (Å²) in [7, 11) is 0. The molecule has 0 heterocycles. The number of nitrogens with two attached hydrogens (primary N) is 1. The first kappa shape index (κ1) is 11.5. The SMILES string of the molecule is CC1C(N)CCC1Cc1cc(F)ccc1F. The lowest BCUT2D eigenvalue weighted by Crippen LogP contribution is -2.25. The lowest BCUT2D eigenvalue weighted by atomic mass is 9.89. The summed E-state index contributed by atoms with van der Waals surface area (Å²) >= 11 is 0. The van der Waals surface area contributed by atoms with Crippen LogP contribution in [0.3, 0.4) is 0 Å². The van der Waals surface area contributed by atoms with Gasteiger partial charge in [0.25, 0.3) is 0 Å². The molecule has 0 bridgehead atoms. The smallest absolute Gasteiger partial charge is 0.126 e. The zero-order valence-electron chi connectivity index (χ0n) is 9.42. The average molecular weight is 225 g/mol. The van der Waals surface area contributed by atoms with Crippen LogP contribution in [-0.2, 0) is 6.42 Å². The normalized spacial score (nSPS) is 29.6. The zero-order chi connectivity index (χ0) is 11.7. The van der Waals surface area contributed by atoms with Gasteiger partial charge in [-0.2, -0.15) is 0 Å². The molecule has 3 unspecified atom stereocenters. The Morgan fingerprint density at radius 2 is 2.06 bits per heavy atom. The molecule has 1 aromatic rings. The molecule has 1 aliphatic carbocycles. The highest BCUT2D eigenvalue weighted by atomic mass is 19.1. The van der Waals surface area contributed by atoms with Crippen LogP contribution < -0.4 is 5.73 Å². The van der Waals surface area contributed by atoms with E-state index in [1.54, 1.807) is 0 Å². The van der Waals surface area contributed by atoms with Gasteiger partial charge in [-0.15, -0.1) is 0 Å². The van der Waals surface area contributed by atoms with Crippen molar-refractivity contribution in [3.05, 3.63) is 35.4 Å². The molecule has 1 aromatic carbocycles.